The van der Waals surface area contributed by atoms with Crippen molar-refractivity contribution in [2.24, 2.45) is 7.05 Å². The molecule has 1 amide bonds. The van der Waals surface area contributed by atoms with E-state index in [1.807, 2.05) is 45.5 Å². The van der Waals surface area contributed by atoms with Gasteiger partial charge in [0, 0.05) is 109 Å². The molecular weight excluding hydrogens is 839 g/mol. The average Bonchev–Trinajstić information content (AvgIpc) is 4.17. The van der Waals surface area contributed by atoms with Gasteiger partial charge in [-0.3, -0.25) is 9.48 Å². The molecule has 3 aliphatic rings. The van der Waals surface area contributed by atoms with Crippen molar-refractivity contribution < 1.29 is 14.3 Å². The van der Waals surface area contributed by atoms with E-state index in [-0.39, 0.29) is 11.9 Å². The third kappa shape index (κ3) is 10.4. The molecule has 6 aromatic heterocycles. The molecule has 0 saturated carbocycles. The normalized spacial score (nSPS) is 17.2. The van der Waals surface area contributed by atoms with Gasteiger partial charge in [0.25, 0.3) is 5.88 Å². The number of amides is 1. The lowest BCUT2D eigenvalue weighted by molar-refractivity contribution is -0.117. The van der Waals surface area contributed by atoms with Crippen LogP contribution in [0.25, 0.3) is 16.8 Å². The third-order valence-corrected chi connectivity index (χ3v) is 12.8. The highest BCUT2D eigenvalue weighted by atomic mass is 16.5. The topological polar surface area (TPSA) is 189 Å². The highest BCUT2D eigenvalue weighted by Gasteiger charge is 2.27. The summed E-state index contributed by atoms with van der Waals surface area (Å²) in [5, 5.41) is 19.4. The number of imidazole rings is 1. The van der Waals surface area contributed by atoms with Crippen molar-refractivity contribution in [3.8, 4) is 11.8 Å². The average molecular weight is 902 g/mol. The van der Waals surface area contributed by atoms with Gasteiger partial charge in [0.15, 0.2) is 22.6 Å². The number of fused-ring (bicyclic) bond motifs is 2. The second-order valence-corrected chi connectivity index (χ2v) is 17.4. The quantitative estimate of drug-likeness (QED) is 0.0727. The molecule has 0 aliphatic carbocycles. The van der Waals surface area contributed by atoms with E-state index in [2.05, 4.69) is 76.3 Å². The van der Waals surface area contributed by atoms with E-state index in [1.165, 1.54) is 25.3 Å². The van der Waals surface area contributed by atoms with E-state index < -0.39 is 0 Å². The molecule has 9 heterocycles. The molecule has 1 atom stereocenters. The number of carbonyl (C=O) groups is 1. The lowest BCUT2D eigenvalue weighted by Crippen LogP contribution is -2.47. The summed E-state index contributed by atoms with van der Waals surface area (Å²) in [6, 6.07) is 6.17. The van der Waals surface area contributed by atoms with Crippen molar-refractivity contribution >= 4 is 51.8 Å². The van der Waals surface area contributed by atoms with Gasteiger partial charge >= 0.3 is 0 Å². The lowest BCUT2D eigenvalue weighted by Gasteiger charge is -2.34. The first-order valence-corrected chi connectivity index (χ1v) is 23.5. The van der Waals surface area contributed by atoms with Crippen molar-refractivity contribution in [3.63, 3.8) is 0 Å². The molecule has 3 aliphatic heterocycles. The van der Waals surface area contributed by atoms with Gasteiger partial charge in [-0.05, 0) is 63.1 Å². The number of piperidine rings is 1. The summed E-state index contributed by atoms with van der Waals surface area (Å²) in [6.45, 7) is 17.3. The van der Waals surface area contributed by atoms with Crippen LogP contribution in [0.4, 0.5) is 29.1 Å². The van der Waals surface area contributed by atoms with Gasteiger partial charge in [-0.15, -0.1) is 5.10 Å². The summed E-state index contributed by atoms with van der Waals surface area (Å²) < 4.78 is 17.5. The van der Waals surface area contributed by atoms with E-state index in [9.17, 15) is 4.79 Å². The second-order valence-electron chi connectivity index (χ2n) is 17.4. The predicted molar refractivity (Wildman–Crippen MR) is 255 cm³/mol. The van der Waals surface area contributed by atoms with Gasteiger partial charge in [-0.2, -0.15) is 19.6 Å². The number of rotatable bonds is 20. The molecule has 0 bridgehead atoms. The third-order valence-electron chi connectivity index (χ3n) is 12.8. The highest BCUT2D eigenvalue weighted by molar-refractivity contribution is 5.88. The second kappa shape index (κ2) is 20.7. The van der Waals surface area contributed by atoms with Crippen molar-refractivity contribution in [1.29, 1.82) is 0 Å². The Hall–Kier alpha value is -6.54. The van der Waals surface area contributed by atoms with Crippen LogP contribution in [0.1, 0.15) is 56.6 Å². The summed E-state index contributed by atoms with van der Waals surface area (Å²) in [5.74, 6) is 4.04. The molecule has 1 unspecified atom stereocenters. The smallest absolute Gasteiger partial charge is 0.256 e. The van der Waals surface area contributed by atoms with Crippen LogP contribution in [0.15, 0.2) is 55.8 Å². The van der Waals surface area contributed by atoms with Crippen LogP contribution in [0.3, 0.4) is 0 Å². The lowest BCUT2D eigenvalue weighted by atomic mass is 10.1. The fourth-order valence-corrected chi connectivity index (χ4v) is 9.03. The number of piperazine rings is 1. The van der Waals surface area contributed by atoms with E-state index in [1.54, 1.807) is 13.4 Å². The van der Waals surface area contributed by atoms with Gasteiger partial charge < -0.3 is 49.6 Å². The number of ether oxygens (including phenoxy) is 2. The highest BCUT2D eigenvalue weighted by Crippen LogP contribution is 2.31. The first-order valence-electron chi connectivity index (χ1n) is 23.5. The molecular formula is C46H63N17O3. The molecule has 9 rings (SSSR count). The van der Waals surface area contributed by atoms with E-state index in [0.717, 1.165) is 113 Å². The standard InChI is InChI=1S/C46H63N17O3/c1-5-34-29-50-63-37(26-38(53-43(34)63)60-17-8-7-9-18-60)47-27-33-12-13-40(48-28-33)66-25-11-16-59-23-21-58(22-24-59)15-10-19-62-31-36(45(56-62)65-4)52-42-41-44(57(3)32-49-41)55-46(54-42)61-20-14-35(30-61)51-39(64)6-2/h6,12-13,26,28-29,31-32,35,47H,2,5,7-11,14-25,27,30H2,1,3-4H3,(H,51,64)(H,52,54,55). The molecule has 66 heavy (non-hydrogen) atoms. The Morgan fingerprint density at radius 3 is 2.50 bits per heavy atom. The van der Waals surface area contributed by atoms with Crippen LogP contribution in [0.2, 0.25) is 0 Å². The number of nitrogens with zero attached hydrogens (tertiary/aromatic N) is 14. The number of nitrogens with one attached hydrogen (secondary N) is 3. The molecule has 0 radical (unpaired) electrons. The van der Waals surface area contributed by atoms with Crippen LogP contribution in [-0.2, 0) is 31.4 Å². The van der Waals surface area contributed by atoms with Crippen LogP contribution in [0, 0.1) is 0 Å². The van der Waals surface area contributed by atoms with Crippen molar-refractivity contribution in [2.45, 2.75) is 71.0 Å². The van der Waals surface area contributed by atoms with Gasteiger partial charge in [0.05, 0.1) is 32.4 Å². The summed E-state index contributed by atoms with van der Waals surface area (Å²) in [7, 11) is 3.53. The molecule has 20 nitrogen and oxygen atoms in total. The number of pyridine rings is 1. The number of hydrogen-bond donors (Lipinski definition) is 3. The zero-order valence-corrected chi connectivity index (χ0v) is 38.5. The number of aromatic nitrogens is 10. The molecule has 0 spiro atoms. The van der Waals surface area contributed by atoms with Gasteiger partial charge in [-0.25, -0.2) is 15.0 Å². The Morgan fingerprint density at radius 1 is 0.924 bits per heavy atom. The van der Waals surface area contributed by atoms with Gasteiger partial charge in [-0.1, -0.05) is 19.6 Å². The molecule has 6 aromatic rings. The maximum Gasteiger partial charge on any atom is 0.256 e. The minimum absolute atomic E-state index is 0.00337. The molecule has 3 N–H and O–H groups in total. The molecule has 20 heteroatoms. The number of carbonyl (C=O) groups excluding carboxylic acids is 1. The van der Waals surface area contributed by atoms with Crippen LogP contribution >= 0.6 is 0 Å². The minimum atomic E-state index is -0.181. The maximum absolute atomic E-state index is 11.9. The first kappa shape index (κ1) is 44.7. The van der Waals surface area contributed by atoms with Crippen molar-refractivity contribution in [3.05, 3.63) is 66.9 Å². The zero-order valence-electron chi connectivity index (χ0n) is 38.5. The van der Waals surface area contributed by atoms with Gasteiger partial charge in [0.1, 0.15) is 17.3 Å². The summed E-state index contributed by atoms with van der Waals surface area (Å²) in [5.41, 5.74) is 5.21. The number of methoxy groups -OCH3 is 1. The number of aryl methyl sites for hydroxylation is 3. The Kier molecular flexibility index (Phi) is 14.0. The molecule has 3 saturated heterocycles. The Morgan fingerprint density at radius 2 is 1.74 bits per heavy atom. The SMILES string of the molecule is C=CC(=O)NC1CCN(c2nc(Nc3cn(CCCN4CCN(CCCOc5ccc(CNc6cc(N7CCCCC7)nc7c(CC)cnn67)cn5)CC4)nc3OC)c3ncn(C)c3n2)C1. The van der Waals surface area contributed by atoms with Crippen molar-refractivity contribution in [2.75, 3.05) is 99.6 Å². The van der Waals surface area contributed by atoms with E-state index in [0.29, 0.717) is 66.6 Å². The first-order chi connectivity index (χ1) is 32.3. The zero-order chi connectivity index (χ0) is 45.4. The summed E-state index contributed by atoms with van der Waals surface area (Å²) in [4.78, 5) is 45.3. The van der Waals surface area contributed by atoms with Gasteiger partial charge in [0.2, 0.25) is 17.7 Å². The Bertz CT molecular complexity index is 2570. The van der Waals surface area contributed by atoms with Crippen LogP contribution in [-0.4, -0.2) is 150 Å². The molecule has 0 aromatic carbocycles. The van der Waals surface area contributed by atoms with Crippen molar-refractivity contribution in [1.82, 2.24) is 64.0 Å². The Balaban J connectivity index is 0.694. The predicted octanol–water partition coefficient (Wildman–Crippen LogP) is 4.27. The molecule has 350 valence electrons. The van der Waals surface area contributed by atoms with Crippen LogP contribution < -0.4 is 35.2 Å². The monoisotopic (exact) mass is 902 g/mol. The summed E-state index contributed by atoms with van der Waals surface area (Å²) in [6.07, 6.45) is 16.1. The largest absolute Gasteiger partial charge is 0.478 e. The number of anilines is 5. The minimum Gasteiger partial charge on any atom is -0.478 e. The maximum atomic E-state index is 11.9. The fourth-order valence-electron chi connectivity index (χ4n) is 9.03. The fraction of sp³-hybridized carbons (Fsp3) is 0.522. The Labute approximate surface area is 385 Å². The number of hydrogen-bond acceptors (Lipinski definition) is 16. The van der Waals surface area contributed by atoms with Crippen LogP contribution in [0.5, 0.6) is 11.8 Å². The van der Waals surface area contributed by atoms with E-state index >= 15 is 0 Å². The summed E-state index contributed by atoms with van der Waals surface area (Å²) >= 11 is 0. The van der Waals surface area contributed by atoms with E-state index in [4.69, 9.17) is 29.5 Å². The molecule has 3 fully saturated rings.